The molecule has 6 nitrogen and oxygen atoms in total. The SMILES string of the molecule is CC(C)(C)OC(=O)NC(C(=O)O)(c1ccccc1)C1CN2CCC1CC2. The van der Waals surface area contributed by atoms with Gasteiger partial charge in [0.05, 0.1) is 0 Å². The summed E-state index contributed by atoms with van der Waals surface area (Å²) >= 11 is 0. The molecule has 142 valence electrons. The molecule has 0 aliphatic carbocycles. The summed E-state index contributed by atoms with van der Waals surface area (Å²) in [6.07, 6.45) is 1.23. The number of piperidine rings is 3. The topological polar surface area (TPSA) is 78.9 Å². The van der Waals surface area contributed by atoms with Gasteiger partial charge in [0.15, 0.2) is 5.54 Å². The normalized spacial score (nSPS) is 27.4. The first-order valence-electron chi connectivity index (χ1n) is 9.25. The maximum atomic E-state index is 12.6. The highest BCUT2D eigenvalue weighted by Crippen LogP contribution is 2.44. The van der Waals surface area contributed by atoms with E-state index >= 15 is 0 Å². The molecule has 26 heavy (non-hydrogen) atoms. The Morgan fingerprint density at radius 1 is 1.15 bits per heavy atom. The molecular weight excluding hydrogens is 332 g/mol. The van der Waals surface area contributed by atoms with Gasteiger partial charge >= 0.3 is 12.1 Å². The molecule has 2 unspecified atom stereocenters. The molecule has 4 rings (SSSR count). The van der Waals surface area contributed by atoms with Gasteiger partial charge in [-0.3, -0.25) is 0 Å². The summed E-state index contributed by atoms with van der Waals surface area (Å²) in [5.74, 6) is -0.961. The van der Waals surface area contributed by atoms with Crippen molar-refractivity contribution in [2.24, 2.45) is 11.8 Å². The van der Waals surface area contributed by atoms with Crippen LogP contribution in [0.5, 0.6) is 0 Å². The smallest absolute Gasteiger partial charge is 0.408 e. The number of carbonyl (C=O) groups excluding carboxylic acids is 1. The summed E-state index contributed by atoms with van der Waals surface area (Å²) in [6.45, 7) is 7.97. The number of carboxylic acids is 1. The van der Waals surface area contributed by atoms with Crippen molar-refractivity contribution >= 4 is 12.1 Å². The van der Waals surface area contributed by atoms with E-state index in [9.17, 15) is 14.7 Å². The Kier molecular flexibility index (Phi) is 4.97. The van der Waals surface area contributed by atoms with Crippen molar-refractivity contribution in [1.29, 1.82) is 0 Å². The third-order valence-electron chi connectivity index (χ3n) is 5.48. The molecule has 3 saturated heterocycles. The predicted octanol–water partition coefficient (Wildman–Crippen LogP) is 2.83. The Bertz CT molecular complexity index is 662. The first-order chi connectivity index (χ1) is 12.2. The summed E-state index contributed by atoms with van der Waals surface area (Å²) in [6, 6.07) is 9.03. The number of alkyl carbamates (subject to hydrolysis) is 1. The van der Waals surface area contributed by atoms with E-state index in [1.54, 1.807) is 32.9 Å². The second-order valence-electron chi connectivity index (χ2n) is 8.35. The lowest BCUT2D eigenvalue weighted by Gasteiger charge is -2.51. The molecule has 0 spiro atoms. The van der Waals surface area contributed by atoms with Gasteiger partial charge < -0.3 is 20.1 Å². The Labute approximate surface area is 154 Å². The van der Waals surface area contributed by atoms with Crippen molar-refractivity contribution in [2.45, 2.75) is 44.8 Å². The highest BCUT2D eigenvalue weighted by molar-refractivity contribution is 5.86. The summed E-state index contributed by atoms with van der Waals surface area (Å²) in [7, 11) is 0. The molecule has 3 fully saturated rings. The molecule has 2 N–H and O–H groups in total. The van der Waals surface area contributed by atoms with Crippen LogP contribution in [0.2, 0.25) is 0 Å². The molecule has 1 amide bonds. The van der Waals surface area contributed by atoms with Gasteiger partial charge in [0.25, 0.3) is 0 Å². The van der Waals surface area contributed by atoms with E-state index in [1.807, 2.05) is 18.2 Å². The monoisotopic (exact) mass is 360 g/mol. The third kappa shape index (κ3) is 3.56. The third-order valence-corrected chi connectivity index (χ3v) is 5.48. The number of nitrogens with one attached hydrogen (secondary N) is 1. The zero-order chi connectivity index (χ0) is 18.9. The minimum absolute atomic E-state index is 0.197. The quantitative estimate of drug-likeness (QED) is 0.863. The minimum Gasteiger partial charge on any atom is -0.479 e. The highest BCUT2D eigenvalue weighted by atomic mass is 16.6. The van der Waals surface area contributed by atoms with Crippen LogP contribution in [0.4, 0.5) is 4.79 Å². The molecule has 6 heteroatoms. The summed E-state index contributed by atoms with van der Waals surface area (Å²) in [4.78, 5) is 27.5. The van der Waals surface area contributed by atoms with Gasteiger partial charge in [-0.25, -0.2) is 9.59 Å². The number of aliphatic carboxylic acids is 1. The number of hydrogen-bond donors (Lipinski definition) is 2. The number of ether oxygens (including phenoxy) is 1. The first kappa shape index (κ1) is 18.7. The Morgan fingerprint density at radius 2 is 1.77 bits per heavy atom. The molecule has 2 bridgehead atoms. The number of carboxylic acid groups (broad SMARTS) is 1. The van der Waals surface area contributed by atoms with Crippen LogP contribution >= 0.6 is 0 Å². The Morgan fingerprint density at radius 3 is 2.23 bits per heavy atom. The van der Waals surface area contributed by atoms with E-state index in [0.717, 1.165) is 25.9 Å². The van der Waals surface area contributed by atoms with Crippen LogP contribution in [0.3, 0.4) is 0 Å². The van der Waals surface area contributed by atoms with Crippen LogP contribution in [0.15, 0.2) is 30.3 Å². The number of hydrogen-bond acceptors (Lipinski definition) is 4. The van der Waals surface area contributed by atoms with E-state index in [1.165, 1.54) is 0 Å². The van der Waals surface area contributed by atoms with E-state index < -0.39 is 23.2 Å². The maximum absolute atomic E-state index is 12.6. The summed E-state index contributed by atoms with van der Waals surface area (Å²) in [5, 5.41) is 13.1. The van der Waals surface area contributed by atoms with Gasteiger partial charge in [0, 0.05) is 12.5 Å². The maximum Gasteiger partial charge on any atom is 0.408 e. The fourth-order valence-electron chi connectivity index (χ4n) is 4.34. The van der Waals surface area contributed by atoms with Gasteiger partial charge in [0.2, 0.25) is 0 Å². The van der Waals surface area contributed by atoms with E-state index in [2.05, 4.69) is 10.2 Å². The molecule has 0 aromatic heterocycles. The number of carbonyl (C=O) groups is 2. The van der Waals surface area contributed by atoms with E-state index in [0.29, 0.717) is 12.1 Å². The summed E-state index contributed by atoms with van der Waals surface area (Å²) in [5.41, 5.74) is -1.59. The second-order valence-corrected chi connectivity index (χ2v) is 8.35. The second kappa shape index (κ2) is 6.91. The van der Waals surface area contributed by atoms with Crippen LogP contribution in [-0.2, 0) is 15.1 Å². The number of rotatable bonds is 4. The van der Waals surface area contributed by atoms with Gasteiger partial charge in [-0.05, 0) is 58.2 Å². The van der Waals surface area contributed by atoms with E-state index in [4.69, 9.17) is 4.74 Å². The molecule has 0 radical (unpaired) electrons. The van der Waals surface area contributed by atoms with Gasteiger partial charge in [-0.1, -0.05) is 30.3 Å². The minimum atomic E-state index is -1.49. The average Bonchev–Trinajstić information content (AvgIpc) is 2.59. The van der Waals surface area contributed by atoms with Crippen LogP contribution in [0.25, 0.3) is 0 Å². The zero-order valence-corrected chi connectivity index (χ0v) is 15.7. The van der Waals surface area contributed by atoms with Crippen molar-refractivity contribution in [2.75, 3.05) is 19.6 Å². The highest BCUT2D eigenvalue weighted by Gasteiger charge is 2.55. The van der Waals surface area contributed by atoms with Crippen molar-refractivity contribution in [1.82, 2.24) is 10.2 Å². The molecule has 1 aromatic carbocycles. The van der Waals surface area contributed by atoms with Gasteiger partial charge in [-0.2, -0.15) is 0 Å². The number of nitrogens with zero attached hydrogens (tertiary/aromatic N) is 1. The van der Waals surface area contributed by atoms with Crippen LogP contribution < -0.4 is 5.32 Å². The van der Waals surface area contributed by atoms with E-state index in [-0.39, 0.29) is 11.8 Å². The number of benzene rings is 1. The average molecular weight is 360 g/mol. The van der Waals surface area contributed by atoms with Gasteiger partial charge in [0.1, 0.15) is 5.60 Å². The van der Waals surface area contributed by atoms with Gasteiger partial charge in [-0.15, -0.1) is 0 Å². The number of fused-ring (bicyclic) bond motifs is 3. The Hall–Kier alpha value is -2.08. The fraction of sp³-hybridized carbons (Fsp3) is 0.600. The number of amides is 1. The van der Waals surface area contributed by atoms with Crippen molar-refractivity contribution in [3.05, 3.63) is 35.9 Å². The zero-order valence-electron chi connectivity index (χ0n) is 15.7. The lowest BCUT2D eigenvalue weighted by Crippen LogP contribution is -2.64. The van der Waals surface area contributed by atoms with Crippen molar-refractivity contribution in [3.8, 4) is 0 Å². The first-order valence-corrected chi connectivity index (χ1v) is 9.25. The van der Waals surface area contributed by atoms with Crippen molar-refractivity contribution in [3.63, 3.8) is 0 Å². The fourth-order valence-corrected chi connectivity index (χ4v) is 4.34. The lowest BCUT2D eigenvalue weighted by molar-refractivity contribution is -0.152. The molecule has 3 aliphatic heterocycles. The molecule has 3 heterocycles. The van der Waals surface area contributed by atoms with Crippen molar-refractivity contribution < 1.29 is 19.4 Å². The molecule has 3 aliphatic rings. The molecular formula is C20H28N2O4. The molecule has 0 saturated carbocycles. The molecule has 2 atom stereocenters. The van der Waals surface area contributed by atoms with Crippen LogP contribution in [0.1, 0.15) is 39.2 Å². The van der Waals surface area contributed by atoms with Crippen LogP contribution in [0, 0.1) is 11.8 Å². The lowest BCUT2D eigenvalue weighted by atomic mass is 9.66. The largest absolute Gasteiger partial charge is 0.479 e. The molecule has 1 aromatic rings. The summed E-state index contributed by atoms with van der Waals surface area (Å²) < 4.78 is 5.41. The standard InChI is InChI=1S/C20H28N2O4/c1-19(2,3)26-18(25)21-20(17(23)24,15-7-5-4-6-8-15)16-13-22-11-9-14(16)10-12-22/h4-8,14,16H,9-13H2,1-3H3,(H,21,25)(H,23,24). The predicted molar refractivity (Wildman–Crippen MR) is 97.8 cm³/mol. The Balaban J connectivity index is 2.02. The van der Waals surface area contributed by atoms with Crippen LogP contribution in [-0.4, -0.2) is 47.3 Å².